The maximum atomic E-state index is 9.43. The van der Waals surface area contributed by atoms with E-state index in [0.717, 1.165) is 16.9 Å². The van der Waals surface area contributed by atoms with Crippen molar-refractivity contribution < 1.29 is 0 Å². The van der Waals surface area contributed by atoms with Crippen LogP contribution in [-0.4, -0.2) is 9.13 Å². The summed E-state index contributed by atoms with van der Waals surface area (Å²) >= 11 is 0. The second kappa shape index (κ2) is 9.73. The van der Waals surface area contributed by atoms with Crippen molar-refractivity contribution in [2.45, 2.75) is 27.7 Å². The van der Waals surface area contributed by atoms with E-state index < -0.39 is 0 Å². The predicted molar refractivity (Wildman–Crippen MR) is 184 cm³/mol. The summed E-state index contributed by atoms with van der Waals surface area (Å²) in [7, 11) is 0. The van der Waals surface area contributed by atoms with Crippen LogP contribution in [0.15, 0.2) is 115 Å². The van der Waals surface area contributed by atoms with Crippen molar-refractivity contribution in [2.24, 2.45) is 0 Å². The highest BCUT2D eigenvalue weighted by Gasteiger charge is 2.18. The predicted octanol–water partition coefficient (Wildman–Crippen LogP) is 10.7. The Balaban J connectivity index is 1.37. The molecule has 0 atom stereocenters. The Bertz CT molecular complexity index is 2400. The number of hydrogen-bond donors (Lipinski definition) is 0. The lowest BCUT2D eigenvalue weighted by Crippen LogP contribution is -1.97. The highest BCUT2D eigenvalue weighted by atomic mass is 15.0. The molecule has 0 saturated carbocycles. The van der Waals surface area contributed by atoms with Crippen LogP contribution in [0, 0.1) is 39.0 Å². The molecule has 44 heavy (non-hydrogen) atoms. The van der Waals surface area contributed by atoms with Crippen LogP contribution < -0.4 is 0 Å². The Morgan fingerprint density at radius 3 is 1.45 bits per heavy atom. The van der Waals surface area contributed by atoms with E-state index >= 15 is 0 Å². The maximum Gasteiger partial charge on any atom is 0.0991 e. The molecule has 0 N–H and O–H groups in total. The van der Waals surface area contributed by atoms with E-state index in [2.05, 4.69) is 146 Å². The van der Waals surface area contributed by atoms with E-state index in [1.165, 1.54) is 71.5 Å². The molecule has 2 heterocycles. The summed E-state index contributed by atoms with van der Waals surface area (Å²) in [6.45, 7) is 8.65. The van der Waals surface area contributed by atoms with E-state index in [1.54, 1.807) is 0 Å². The third-order valence-electron chi connectivity index (χ3n) is 8.93. The van der Waals surface area contributed by atoms with Crippen molar-refractivity contribution in [3.05, 3.63) is 143 Å². The van der Waals surface area contributed by atoms with Crippen molar-refractivity contribution in [1.29, 1.82) is 5.26 Å². The van der Waals surface area contributed by atoms with Gasteiger partial charge in [-0.25, -0.2) is 0 Å². The maximum absolute atomic E-state index is 9.43. The summed E-state index contributed by atoms with van der Waals surface area (Å²) < 4.78 is 4.74. The Hall–Kier alpha value is -5.59. The fourth-order valence-electron chi connectivity index (χ4n) is 6.90. The summed E-state index contributed by atoms with van der Waals surface area (Å²) in [6, 6.07) is 44.0. The second-order valence-electron chi connectivity index (χ2n) is 12.1. The molecule has 2 aromatic heterocycles. The van der Waals surface area contributed by atoms with E-state index in [0.29, 0.717) is 5.56 Å². The first-order chi connectivity index (χ1) is 21.4. The molecule has 210 valence electrons. The molecule has 8 rings (SSSR count). The lowest BCUT2D eigenvalue weighted by atomic mass is 9.98. The summed E-state index contributed by atoms with van der Waals surface area (Å²) in [6.07, 6.45) is 0. The zero-order valence-electron chi connectivity index (χ0n) is 25.3. The number of hydrogen-bond acceptors (Lipinski definition) is 1. The van der Waals surface area contributed by atoms with Gasteiger partial charge in [0.2, 0.25) is 0 Å². The van der Waals surface area contributed by atoms with Crippen molar-refractivity contribution in [2.75, 3.05) is 0 Å². The van der Waals surface area contributed by atoms with E-state index in [1.807, 2.05) is 12.1 Å². The van der Waals surface area contributed by atoms with Gasteiger partial charge in [0.25, 0.3) is 0 Å². The fraction of sp³-hybridized carbons (Fsp3) is 0.0976. The Morgan fingerprint density at radius 2 is 0.909 bits per heavy atom. The van der Waals surface area contributed by atoms with Gasteiger partial charge in [-0.1, -0.05) is 47.0 Å². The molecule has 0 spiro atoms. The molecule has 0 fully saturated rings. The number of rotatable bonds is 3. The highest BCUT2D eigenvalue weighted by Crippen LogP contribution is 2.40. The van der Waals surface area contributed by atoms with Gasteiger partial charge in [-0.2, -0.15) is 5.26 Å². The Morgan fingerprint density at radius 1 is 0.455 bits per heavy atom. The molecule has 6 aromatic carbocycles. The molecular weight excluding hydrogens is 534 g/mol. The zero-order valence-corrected chi connectivity index (χ0v) is 25.3. The van der Waals surface area contributed by atoms with Crippen molar-refractivity contribution >= 4 is 43.6 Å². The Kier molecular flexibility index (Phi) is 5.76. The Labute approximate surface area is 256 Å². The van der Waals surface area contributed by atoms with Gasteiger partial charge in [-0.15, -0.1) is 0 Å². The highest BCUT2D eigenvalue weighted by molar-refractivity contribution is 6.14. The third kappa shape index (κ3) is 3.96. The molecule has 3 nitrogen and oxygen atoms in total. The van der Waals surface area contributed by atoms with Gasteiger partial charge in [-0.3, -0.25) is 0 Å². The second-order valence-corrected chi connectivity index (χ2v) is 12.1. The van der Waals surface area contributed by atoms with Gasteiger partial charge < -0.3 is 9.13 Å². The van der Waals surface area contributed by atoms with Crippen LogP contribution in [0.4, 0.5) is 0 Å². The molecule has 0 aliphatic carbocycles. The van der Waals surface area contributed by atoms with E-state index in [4.69, 9.17) is 0 Å². The standard InChI is InChI=1S/C41H31N3/c1-25-5-16-38-34(19-25)35-20-26(2)6-17-39(35)43(38)31-14-10-30(11-15-31)33-22-28(4)23-37-36-21-27(3)7-18-40(36)44(41(33)37)32-12-8-29(24-42)9-13-32/h5-23H,1-4H3. The summed E-state index contributed by atoms with van der Waals surface area (Å²) in [5.41, 5.74) is 15.0. The monoisotopic (exact) mass is 565 g/mol. The minimum atomic E-state index is 0.660. The topological polar surface area (TPSA) is 33.6 Å². The summed E-state index contributed by atoms with van der Waals surface area (Å²) in [4.78, 5) is 0. The first-order valence-electron chi connectivity index (χ1n) is 15.1. The number of aromatic nitrogens is 2. The average molecular weight is 566 g/mol. The largest absolute Gasteiger partial charge is 0.309 e. The zero-order chi connectivity index (χ0) is 30.1. The number of nitriles is 1. The molecule has 0 saturated heterocycles. The lowest BCUT2D eigenvalue weighted by molar-refractivity contribution is 1.17. The van der Waals surface area contributed by atoms with Crippen LogP contribution in [-0.2, 0) is 0 Å². The first-order valence-corrected chi connectivity index (χ1v) is 15.1. The van der Waals surface area contributed by atoms with Gasteiger partial charge in [0.05, 0.1) is 33.7 Å². The van der Waals surface area contributed by atoms with Gasteiger partial charge in [0.15, 0.2) is 0 Å². The lowest BCUT2D eigenvalue weighted by Gasteiger charge is -2.14. The number of aryl methyl sites for hydroxylation is 4. The third-order valence-corrected chi connectivity index (χ3v) is 8.93. The molecular formula is C41H31N3. The number of benzene rings is 6. The quantitative estimate of drug-likeness (QED) is 0.210. The molecule has 3 heteroatoms. The van der Waals surface area contributed by atoms with Gasteiger partial charge in [0.1, 0.15) is 0 Å². The number of fused-ring (bicyclic) bond motifs is 6. The molecule has 0 radical (unpaired) electrons. The first kappa shape index (κ1) is 26.1. The average Bonchev–Trinajstić information content (AvgIpc) is 3.52. The number of nitrogens with zero attached hydrogens (tertiary/aromatic N) is 3. The summed E-state index contributed by atoms with van der Waals surface area (Å²) in [5, 5.41) is 14.5. The van der Waals surface area contributed by atoms with Crippen LogP contribution in [0.2, 0.25) is 0 Å². The smallest absolute Gasteiger partial charge is 0.0991 e. The van der Waals surface area contributed by atoms with Crippen LogP contribution in [0.3, 0.4) is 0 Å². The van der Waals surface area contributed by atoms with Crippen molar-refractivity contribution in [3.8, 4) is 28.6 Å². The normalized spacial score (nSPS) is 11.6. The SMILES string of the molecule is Cc1ccc2c(c1)c1cc(C)ccc1n2-c1ccc(-c2cc(C)cc3c4cc(C)ccc4n(-c4ccc(C#N)cc4)c23)cc1. The minimum absolute atomic E-state index is 0.660. The van der Waals surface area contributed by atoms with Gasteiger partial charge in [0, 0.05) is 38.5 Å². The molecule has 0 aliphatic rings. The van der Waals surface area contributed by atoms with Crippen LogP contribution in [0.1, 0.15) is 27.8 Å². The minimum Gasteiger partial charge on any atom is -0.309 e. The molecule has 0 aliphatic heterocycles. The van der Waals surface area contributed by atoms with Crippen molar-refractivity contribution in [3.63, 3.8) is 0 Å². The van der Waals surface area contributed by atoms with Crippen LogP contribution in [0.5, 0.6) is 0 Å². The molecule has 0 bridgehead atoms. The van der Waals surface area contributed by atoms with E-state index in [9.17, 15) is 5.26 Å². The van der Waals surface area contributed by atoms with E-state index in [-0.39, 0.29) is 0 Å². The van der Waals surface area contributed by atoms with Crippen LogP contribution in [0.25, 0.3) is 66.1 Å². The molecule has 0 amide bonds. The van der Waals surface area contributed by atoms with Crippen LogP contribution >= 0.6 is 0 Å². The summed E-state index contributed by atoms with van der Waals surface area (Å²) in [5.74, 6) is 0. The fourth-order valence-corrected chi connectivity index (χ4v) is 6.90. The molecule has 0 unspecified atom stereocenters. The van der Waals surface area contributed by atoms with Crippen molar-refractivity contribution in [1.82, 2.24) is 9.13 Å². The van der Waals surface area contributed by atoms with Gasteiger partial charge >= 0.3 is 0 Å². The molecule has 8 aromatic rings. The van der Waals surface area contributed by atoms with Gasteiger partial charge in [-0.05, 0) is 124 Å².